The summed E-state index contributed by atoms with van der Waals surface area (Å²) in [5.74, 6) is 0.812. The van der Waals surface area contributed by atoms with Gasteiger partial charge in [-0.25, -0.2) is 14.4 Å². The normalized spacial score (nSPS) is 10.8. The van der Waals surface area contributed by atoms with Gasteiger partial charge in [-0.2, -0.15) is 0 Å². The first-order chi connectivity index (χ1) is 8.95. The zero-order valence-electron chi connectivity index (χ0n) is 10.4. The van der Waals surface area contributed by atoms with Crippen LogP contribution in [0.1, 0.15) is 25.6 Å². The molecule has 1 aromatic carbocycles. The van der Waals surface area contributed by atoms with Gasteiger partial charge in [-0.05, 0) is 18.2 Å². The third kappa shape index (κ3) is 3.55. The number of anilines is 2. The van der Waals surface area contributed by atoms with Crippen LogP contribution in [0, 0.1) is 5.82 Å². The first-order valence-electron chi connectivity index (χ1n) is 5.72. The first kappa shape index (κ1) is 14.0. The highest BCUT2D eigenvalue weighted by Crippen LogP contribution is 2.23. The van der Waals surface area contributed by atoms with E-state index in [0.717, 1.165) is 0 Å². The van der Waals surface area contributed by atoms with Gasteiger partial charge in [0, 0.05) is 17.7 Å². The lowest BCUT2D eigenvalue weighted by Crippen LogP contribution is -2.02. The Balaban J connectivity index is 2.29. The van der Waals surface area contributed by atoms with Crippen LogP contribution in [0.25, 0.3) is 0 Å². The van der Waals surface area contributed by atoms with Crippen LogP contribution in [0.4, 0.5) is 15.9 Å². The third-order valence-corrected chi connectivity index (χ3v) is 2.92. The Morgan fingerprint density at radius 3 is 2.53 bits per heavy atom. The van der Waals surface area contributed by atoms with E-state index < -0.39 is 5.82 Å². The highest BCUT2D eigenvalue weighted by molar-refractivity contribution is 6.30. The highest BCUT2D eigenvalue weighted by atomic mass is 35.5. The number of nitrogens with zero attached hydrogens (tertiary/aromatic N) is 2. The summed E-state index contributed by atoms with van der Waals surface area (Å²) in [6.07, 6.45) is 0. The Hall–Kier alpha value is -1.39. The summed E-state index contributed by atoms with van der Waals surface area (Å²) in [5.41, 5.74) is 0.548. The number of nitrogens with one attached hydrogen (secondary N) is 1. The molecule has 6 heteroatoms. The molecular formula is C13H12Cl2FN3. The van der Waals surface area contributed by atoms with Crippen LogP contribution >= 0.6 is 23.2 Å². The molecule has 0 saturated heterocycles. The molecule has 0 bridgehead atoms. The molecule has 0 spiro atoms. The third-order valence-electron chi connectivity index (χ3n) is 2.42. The minimum absolute atomic E-state index is 0.0779. The van der Waals surface area contributed by atoms with E-state index >= 15 is 0 Å². The Morgan fingerprint density at radius 2 is 1.89 bits per heavy atom. The molecule has 0 atom stereocenters. The van der Waals surface area contributed by atoms with Crippen molar-refractivity contribution in [2.24, 2.45) is 0 Å². The molecular weight excluding hydrogens is 288 g/mol. The van der Waals surface area contributed by atoms with Crippen LogP contribution in [-0.4, -0.2) is 9.97 Å². The molecule has 0 aliphatic rings. The standard InChI is InChI=1S/C13H12Cl2FN3/c1-7(2)13-18-11(15)6-12(19-13)17-8-3-4-9(14)10(16)5-8/h3-7H,1-2H3,(H,17,18,19). The summed E-state index contributed by atoms with van der Waals surface area (Å²) in [5, 5.41) is 3.39. The van der Waals surface area contributed by atoms with Gasteiger partial charge in [0.1, 0.15) is 22.6 Å². The Labute approximate surface area is 120 Å². The SMILES string of the molecule is CC(C)c1nc(Cl)cc(Nc2ccc(Cl)c(F)c2)n1. The van der Waals surface area contributed by atoms with Gasteiger partial charge in [-0.15, -0.1) is 0 Å². The number of halogens is 3. The predicted molar refractivity (Wildman–Crippen MR) is 75.8 cm³/mol. The van der Waals surface area contributed by atoms with Crippen molar-refractivity contribution >= 4 is 34.7 Å². The van der Waals surface area contributed by atoms with Gasteiger partial charge in [0.05, 0.1) is 5.02 Å². The highest BCUT2D eigenvalue weighted by Gasteiger charge is 2.08. The lowest BCUT2D eigenvalue weighted by Gasteiger charge is -2.10. The van der Waals surface area contributed by atoms with Crippen LogP contribution in [0.5, 0.6) is 0 Å². The van der Waals surface area contributed by atoms with Crippen molar-refractivity contribution in [1.82, 2.24) is 9.97 Å². The average Bonchev–Trinajstić information content (AvgIpc) is 2.33. The molecule has 0 radical (unpaired) electrons. The van der Waals surface area contributed by atoms with Gasteiger partial charge in [0.15, 0.2) is 0 Å². The topological polar surface area (TPSA) is 37.8 Å². The second-order valence-electron chi connectivity index (χ2n) is 4.34. The molecule has 0 unspecified atom stereocenters. The van der Waals surface area contributed by atoms with E-state index in [-0.39, 0.29) is 10.9 Å². The van der Waals surface area contributed by atoms with E-state index in [9.17, 15) is 4.39 Å². The van der Waals surface area contributed by atoms with Crippen LogP contribution < -0.4 is 5.32 Å². The van der Waals surface area contributed by atoms with Gasteiger partial charge in [0.25, 0.3) is 0 Å². The van der Waals surface area contributed by atoms with Gasteiger partial charge >= 0.3 is 0 Å². The van der Waals surface area contributed by atoms with Gasteiger partial charge in [0.2, 0.25) is 0 Å². The molecule has 0 aliphatic carbocycles. The molecule has 0 saturated carbocycles. The van der Waals surface area contributed by atoms with Crippen molar-refractivity contribution in [3.63, 3.8) is 0 Å². The van der Waals surface area contributed by atoms with E-state index in [1.807, 2.05) is 13.8 Å². The molecule has 1 N–H and O–H groups in total. The fraction of sp³-hybridized carbons (Fsp3) is 0.231. The first-order valence-corrected chi connectivity index (χ1v) is 6.48. The summed E-state index contributed by atoms with van der Waals surface area (Å²) >= 11 is 11.6. The maximum atomic E-state index is 13.3. The fourth-order valence-electron chi connectivity index (χ4n) is 1.48. The summed E-state index contributed by atoms with van der Waals surface area (Å²) < 4.78 is 13.3. The zero-order valence-corrected chi connectivity index (χ0v) is 11.9. The molecule has 2 aromatic rings. The maximum absolute atomic E-state index is 13.3. The number of benzene rings is 1. The number of hydrogen-bond donors (Lipinski definition) is 1. The number of hydrogen-bond acceptors (Lipinski definition) is 3. The summed E-state index contributed by atoms with van der Waals surface area (Å²) in [4.78, 5) is 8.44. The molecule has 0 amide bonds. The summed E-state index contributed by atoms with van der Waals surface area (Å²) in [6, 6.07) is 6.02. The second kappa shape index (κ2) is 5.72. The largest absolute Gasteiger partial charge is 0.340 e. The Bertz CT molecular complexity index is 602. The lowest BCUT2D eigenvalue weighted by molar-refractivity contribution is 0.629. The molecule has 19 heavy (non-hydrogen) atoms. The van der Waals surface area contributed by atoms with E-state index in [1.54, 1.807) is 12.1 Å². The van der Waals surface area contributed by atoms with Crippen molar-refractivity contribution in [2.75, 3.05) is 5.32 Å². The van der Waals surface area contributed by atoms with Gasteiger partial charge < -0.3 is 5.32 Å². The van der Waals surface area contributed by atoms with Crippen molar-refractivity contribution in [1.29, 1.82) is 0 Å². The van der Waals surface area contributed by atoms with E-state index in [2.05, 4.69) is 15.3 Å². The van der Waals surface area contributed by atoms with E-state index in [4.69, 9.17) is 23.2 Å². The number of aromatic nitrogens is 2. The zero-order chi connectivity index (χ0) is 14.0. The quantitative estimate of drug-likeness (QED) is 0.828. The van der Waals surface area contributed by atoms with Crippen molar-refractivity contribution in [3.8, 4) is 0 Å². The van der Waals surface area contributed by atoms with E-state index in [0.29, 0.717) is 22.5 Å². The van der Waals surface area contributed by atoms with Crippen LogP contribution in [0.15, 0.2) is 24.3 Å². The molecule has 0 aliphatic heterocycles. The smallest absolute Gasteiger partial charge is 0.143 e. The minimum Gasteiger partial charge on any atom is -0.340 e. The fourth-order valence-corrected chi connectivity index (χ4v) is 1.79. The molecule has 100 valence electrons. The monoisotopic (exact) mass is 299 g/mol. The second-order valence-corrected chi connectivity index (χ2v) is 5.14. The molecule has 2 rings (SSSR count). The Morgan fingerprint density at radius 1 is 1.16 bits per heavy atom. The molecule has 3 nitrogen and oxygen atoms in total. The predicted octanol–water partition coefficient (Wildman–Crippen LogP) is 4.79. The van der Waals surface area contributed by atoms with Gasteiger partial charge in [-0.3, -0.25) is 0 Å². The molecule has 1 heterocycles. The van der Waals surface area contributed by atoms with Crippen LogP contribution in [0.3, 0.4) is 0 Å². The van der Waals surface area contributed by atoms with Crippen LogP contribution in [-0.2, 0) is 0 Å². The van der Waals surface area contributed by atoms with Crippen molar-refractivity contribution < 1.29 is 4.39 Å². The molecule has 1 aromatic heterocycles. The summed E-state index contributed by atoms with van der Waals surface area (Å²) in [6.45, 7) is 3.94. The Kier molecular flexibility index (Phi) is 4.22. The minimum atomic E-state index is -0.490. The van der Waals surface area contributed by atoms with Crippen molar-refractivity contribution in [2.45, 2.75) is 19.8 Å². The van der Waals surface area contributed by atoms with Gasteiger partial charge in [-0.1, -0.05) is 37.0 Å². The maximum Gasteiger partial charge on any atom is 0.143 e. The number of rotatable bonds is 3. The summed E-state index contributed by atoms with van der Waals surface area (Å²) in [7, 11) is 0. The lowest BCUT2D eigenvalue weighted by atomic mass is 10.2. The van der Waals surface area contributed by atoms with Crippen molar-refractivity contribution in [3.05, 3.63) is 46.1 Å². The van der Waals surface area contributed by atoms with E-state index in [1.165, 1.54) is 12.1 Å². The average molecular weight is 300 g/mol. The molecule has 0 fully saturated rings. The van der Waals surface area contributed by atoms with Crippen LogP contribution in [0.2, 0.25) is 10.2 Å².